The standard InChI is InChI=1S/C20H32N2Si/c1-13-10-11-17-16(12-13)18-14-8-6-7-9-15(14)20(19(18)22(17)3)23(4,5)21-2/h10-12,14-15,18-21H,6-9H2,1-5H3. The Kier molecular flexibility index (Phi) is 3.65. The number of aryl methyl sites for hydroxylation is 1. The first-order chi connectivity index (χ1) is 11.0. The molecule has 0 radical (unpaired) electrons. The quantitative estimate of drug-likeness (QED) is 0.804. The van der Waals surface area contributed by atoms with Crippen LogP contribution in [0, 0.1) is 18.8 Å². The van der Waals surface area contributed by atoms with Crippen LogP contribution in [0.1, 0.15) is 42.7 Å². The molecule has 1 aliphatic heterocycles. The van der Waals surface area contributed by atoms with Crippen molar-refractivity contribution in [1.82, 2.24) is 4.98 Å². The largest absolute Gasteiger partial charge is 0.371 e. The van der Waals surface area contributed by atoms with E-state index in [0.29, 0.717) is 0 Å². The van der Waals surface area contributed by atoms with Crippen molar-refractivity contribution in [2.45, 2.75) is 63.2 Å². The molecule has 5 unspecified atom stereocenters. The Morgan fingerprint density at radius 3 is 2.52 bits per heavy atom. The molecule has 0 bridgehead atoms. The first-order valence-corrected chi connectivity index (χ1v) is 12.6. The van der Waals surface area contributed by atoms with E-state index in [-0.39, 0.29) is 0 Å². The van der Waals surface area contributed by atoms with Gasteiger partial charge in [-0.2, -0.15) is 0 Å². The number of hydrogen-bond donors (Lipinski definition) is 1. The molecule has 0 amide bonds. The molecule has 2 nitrogen and oxygen atoms in total. The number of likely N-dealkylation sites (N-methyl/N-ethyl adjacent to an activating group) is 1. The van der Waals surface area contributed by atoms with E-state index >= 15 is 0 Å². The van der Waals surface area contributed by atoms with E-state index in [4.69, 9.17) is 0 Å². The SMILES string of the molecule is CN[Si](C)(C)C1C2CCCCC2C2c3cc(C)ccc3N(C)C21. The van der Waals surface area contributed by atoms with E-state index in [9.17, 15) is 0 Å². The molecule has 0 spiro atoms. The summed E-state index contributed by atoms with van der Waals surface area (Å²) in [5, 5.41) is 0. The summed E-state index contributed by atoms with van der Waals surface area (Å²) in [4.78, 5) is 6.46. The predicted octanol–water partition coefficient (Wildman–Crippen LogP) is 4.51. The number of hydrogen-bond acceptors (Lipinski definition) is 2. The van der Waals surface area contributed by atoms with Crippen LogP contribution in [0.5, 0.6) is 0 Å². The van der Waals surface area contributed by atoms with Crippen LogP contribution in [-0.2, 0) is 0 Å². The first kappa shape index (κ1) is 15.7. The lowest BCUT2D eigenvalue weighted by molar-refractivity contribution is 0.258. The Balaban J connectivity index is 1.84. The molecule has 2 fully saturated rings. The zero-order chi connectivity index (χ0) is 16.4. The molecular weight excluding hydrogens is 296 g/mol. The lowest BCUT2D eigenvalue weighted by Gasteiger charge is -2.41. The Morgan fingerprint density at radius 2 is 1.83 bits per heavy atom. The fraction of sp³-hybridized carbons (Fsp3) is 0.700. The van der Waals surface area contributed by atoms with Gasteiger partial charge in [-0.3, -0.25) is 0 Å². The van der Waals surface area contributed by atoms with Crippen molar-refractivity contribution in [1.29, 1.82) is 0 Å². The van der Waals surface area contributed by atoms with Gasteiger partial charge >= 0.3 is 0 Å². The van der Waals surface area contributed by atoms with Crippen molar-refractivity contribution in [2.75, 3.05) is 19.0 Å². The zero-order valence-electron chi connectivity index (χ0n) is 15.4. The van der Waals surface area contributed by atoms with Crippen LogP contribution in [0.4, 0.5) is 5.69 Å². The summed E-state index contributed by atoms with van der Waals surface area (Å²) in [7, 11) is 3.15. The van der Waals surface area contributed by atoms with Crippen molar-refractivity contribution in [3.05, 3.63) is 29.3 Å². The number of anilines is 1. The third kappa shape index (κ3) is 2.16. The van der Waals surface area contributed by atoms with Crippen LogP contribution < -0.4 is 9.88 Å². The van der Waals surface area contributed by atoms with E-state index < -0.39 is 8.24 Å². The predicted molar refractivity (Wildman–Crippen MR) is 102 cm³/mol. The molecule has 0 saturated heterocycles. The van der Waals surface area contributed by atoms with Crippen LogP contribution in [-0.4, -0.2) is 28.4 Å². The second-order valence-corrected chi connectivity index (χ2v) is 13.4. The molecule has 5 atom stereocenters. The average Bonchev–Trinajstić information content (AvgIpc) is 3.02. The molecule has 0 aromatic heterocycles. The van der Waals surface area contributed by atoms with Gasteiger partial charge in [0.15, 0.2) is 0 Å². The third-order valence-electron chi connectivity index (χ3n) is 7.38. The first-order valence-electron chi connectivity index (χ1n) is 9.48. The van der Waals surface area contributed by atoms with Gasteiger partial charge in [-0.25, -0.2) is 0 Å². The Labute approximate surface area is 142 Å². The van der Waals surface area contributed by atoms with Gasteiger partial charge < -0.3 is 9.88 Å². The minimum atomic E-state index is -1.42. The summed E-state index contributed by atoms with van der Waals surface area (Å²) in [6, 6.07) is 7.91. The summed E-state index contributed by atoms with van der Waals surface area (Å²) in [6.45, 7) is 7.38. The minimum absolute atomic E-state index is 0.731. The molecule has 2 saturated carbocycles. The number of fused-ring (bicyclic) bond motifs is 5. The van der Waals surface area contributed by atoms with E-state index in [2.05, 4.69) is 62.2 Å². The van der Waals surface area contributed by atoms with Crippen molar-refractivity contribution >= 4 is 13.9 Å². The second kappa shape index (κ2) is 5.35. The number of rotatable bonds is 2. The molecule has 1 aromatic rings. The number of nitrogens with one attached hydrogen (secondary N) is 1. The molecule has 1 heterocycles. The molecule has 3 aliphatic rings. The van der Waals surface area contributed by atoms with Crippen molar-refractivity contribution < 1.29 is 0 Å². The summed E-state index contributed by atoms with van der Waals surface area (Å²) in [5.74, 6) is 2.65. The van der Waals surface area contributed by atoms with Crippen LogP contribution in [0.25, 0.3) is 0 Å². The van der Waals surface area contributed by atoms with Gasteiger partial charge in [-0.1, -0.05) is 50.1 Å². The fourth-order valence-corrected chi connectivity index (χ4v) is 9.36. The van der Waals surface area contributed by atoms with Gasteiger partial charge in [0.25, 0.3) is 0 Å². The van der Waals surface area contributed by atoms with E-state index in [0.717, 1.165) is 29.3 Å². The molecule has 23 heavy (non-hydrogen) atoms. The molecule has 2 aliphatic carbocycles. The van der Waals surface area contributed by atoms with E-state index in [1.54, 1.807) is 5.56 Å². The second-order valence-electron chi connectivity index (χ2n) is 8.80. The Hall–Kier alpha value is -0.803. The van der Waals surface area contributed by atoms with Gasteiger partial charge in [0, 0.05) is 24.7 Å². The van der Waals surface area contributed by atoms with Crippen LogP contribution in [0.2, 0.25) is 18.6 Å². The van der Waals surface area contributed by atoms with Crippen LogP contribution in [0.3, 0.4) is 0 Å². The average molecular weight is 329 g/mol. The number of nitrogens with zero attached hydrogens (tertiary/aromatic N) is 1. The third-order valence-corrected chi connectivity index (χ3v) is 11.1. The van der Waals surface area contributed by atoms with Gasteiger partial charge in [0.1, 0.15) is 8.24 Å². The maximum Gasteiger partial charge on any atom is 0.124 e. The topological polar surface area (TPSA) is 15.3 Å². The maximum absolute atomic E-state index is 3.80. The monoisotopic (exact) mass is 328 g/mol. The minimum Gasteiger partial charge on any atom is -0.371 e. The highest BCUT2D eigenvalue weighted by Crippen LogP contribution is 2.64. The molecule has 1 aromatic carbocycles. The molecular formula is C20H32N2Si. The lowest BCUT2D eigenvalue weighted by Crippen LogP contribution is -2.54. The van der Waals surface area contributed by atoms with Crippen molar-refractivity contribution in [2.24, 2.45) is 11.8 Å². The molecule has 126 valence electrons. The van der Waals surface area contributed by atoms with E-state index in [1.165, 1.54) is 36.9 Å². The van der Waals surface area contributed by atoms with Gasteiger partial charge in [0.05, 0.1) is 0 Å². The molecule has 3 heteroatoms. The van der Waals surface area contributed by atoms with Crippen molar-refractivity contribution in [3.8, 4) is 0 Å². The van der Waals surface area contributed by atoms with Gasteiger partial charge in [-0.05, 0) is 49.4 Å². The Morgan fingerprint density at radius 1 is 1.13 bits per heavy atom. The summed E-state index contributed by atoms with van der Waals surface area (Å²) in [6.07, 6.45) is 5.83. The molecule has 1 N–H and O–H groups in total. The maximum atomic E-state index is 3.80. The highest BCUT2D eigenvalue weighted by molar-refractivity contribution is 6.76. The fourth-order valence-electron chi connectivity index (χ4n) is 6.26. The normalized spacial score (nSPS) is 35.9. The molecule has 4 rings (SSSR count). The summed E-state index contributed by atoms with van der Waals surface area (Å²) >= 11 is 0. The summed E-state index contributed by atoms with van der Waals surface area (Å²) < 4.78 is 0. The van der Waals surface area contributed by atoms with Gasteiger partial charge in [0.2, 0.25) is 0 Å². The van der Waals surface area contributed by atoms with Crippen LogP contribution in [0.15, 0.2) is 18.2 Å². The Bertz CT molecular complexity index is 612. The number of benzene rings is 1. The highest BCUT2D eigenvalue weighted by Gasteiger charge is 2.60. The van der Waals surface area contributed by atoms with Crippen LogP contribution >= 0.6 is 0 Å². The lowest BCUT2D eigenvalue weighted by atomic mass is 9.76. The zero-order valence-corrected chi connectivity index (χ0v) is 16.4. The van der Waals surface area contributed by atoms with Crippen molar-refractivity contribution in [3.63, 3.8) is 0 Å². The van der Waals surface area contributed by atoms with E-state index in [1.807, 2.05) is 0 Å². The highest BCUT2D eigenvalue weighted by atomic mass is 28.3. The smallest absolute Gasteiger partial charge is 0.124 e. The van der Waals surface area contributed by atoms with Gasteiger partial charge in [-0.15, -0.1) is 0 Å². The summed E-state index contributed by atoms with van der Waals surface area (Å²) in [5.41, 5.74) is 5.48.